The van der Waals surface area contributed by atoms with Crippen molar-refractivity contribution in [1.82, 2.24) is 0 Å². The van der Waals surface area contributed by atoms with Crippen LogP contribution in [0.5, 0.6) is 5.75 Å². The van der Waals surface area contributed by atoms with Gasteiger partial charge in [0.25, 0.3) is 0 Å². The fraction of sp³-hybridized carbons (Fsp3) is 0.182. The lowest BCUT2D eigenvalue weighted by atomic mass is 10.2. The standard InChI is InChI=1S/C11H10O4/c1-13-11(12)7-15-9-2-3-10-8(6-9)4-5-14-10/h2-6H,7H2,1H3. The molecule has 78 valence electrons. The average molecular weight is 206 g/mol. The van der Waals surface area contributed by atoms with Crippen LogP contribution in [-0.2, 0) is 9.53 Å². The van der Waals surface area contributed by atoms with Gasteiger partial charge in [0.15, 0.2) is 6.61 Å². The number of carbonyl (C=O) groups is 1. The Morgan fingerprint density at radius 1 is 1.40 bits per heavy atom. The second-order valence-electron chi connectivity index (χ2n) is 2.99. The number of hydrogen-bond acceptors (Lipinski definition) is 4. The Bertz CT molecular complexity index is 472. The van der Waals surface area contributed by atoms with Crippen LogP contribution in [0.1, 0.15) is 0 Å². The van der Waals surface area contributed by atoms with E-state index in [0.717, 1.165) is 11.0 Å². The van der Waals surface area contributed by atoms with Gasteiger partial charge in [-0.05, 0) is 24.3 Å². The summed E-state index contributed by atoms with van der Waals surface area (Å²) in [4.78, 5) is 10.8. The second-order valence-corrected chi connectivity index (χ2v) is 2.99. The van der Waals surface area contributed by atoms with Crippen LogP contribution in [-0.4, -0.2) is 19.7 Å². The SMILES string of the molecule is COC(=O)COc1ccc2occc2c1. The number of rotatable bonds is 3. The van der Waals surface area contributed by atoms with Crippen LogP contribution in [0.2, 0.25) is 0 Å². The van der Waals surface area contributed by atoms with Gasteiger partial charge in [-0.3, -0.25) is 0 Å². The third-order valence-electron chi connectivity index (χ3n) is 2.01. The van der Waals surface area contributed by atoms with Gasteiger partial charge in [0.1, 0.15) is 11.3 Å². The average Bonchev–Trinajstić information content (AvgIpc) is 2.72. The molecule has 0 amide bonds. The molecule has 0 bridgehead atoms. The molecule has 1 heterocycles. The number of fused-ring (bicyclic) bond motifs is 1. The number of benzene rings is 1. The van der Waals surface area contributed by atoms with Crippen LogP contribution in [0.25, 0.3) is 11.0 Å². The predicted molar refractivity (Wildman–Crippen MR) is 53.7 cm³/mol. The molecule has 1 aromatic heterocycles. The highest BCUT2D eigenvalue weighted by Crippen LogP contribution is 2.21. The lowest BCUT2D eigenvalue weighted by Gasteiger charge is -2.03. The molecule has 4 heteroatoms. The molecule has 0 radical (unpaired) electrons. The summed E-state index contributed by atoms with van der Waals surface area (Å²) in [6, 6.07) is 7.18. The van der Waals surface area contributed by atoms with E-state index in [4.69, 9.17) is 9.15 Å². The fourth-order valence-corrected chi connectivity index (χ4v) is 1.24. The zero-order valence-electron chi connectivity index (χ0n) is 8.23. The molecule has 2 rings (SSSR count). The highest BCUT2D eigenvalue weighted by molar-refractivity contribution is 5.78. The Morgan fingerprint density at radius 3 is 3.07 bits per heavy atom. The minimum absolute atomic E-state index is 0.0835. The summed E-state index contributed by atoms with van der Waals surface area (Å²) in [5.41, 5.74) is 0.792. The van der Waals surface area contributed by atoms with E-state index in [1.54, 1.807) is 18.4 Å². The topological polar surface area (TPSA) is 48.7 Å². The number of esters is 1. The highest BCUT2D eigenvalue weighted by Gasteiger charge is 2.03. The van der Waals surface area contributed by atoms with Crippen molar-refractivity contribution in [3.8, 4) is 5.75 Å². The van der Waals surface area contributed by atoms with Crippen molar-refractivity contribution in [1.29, 1.82) is 0 Å². The van der Waals surface area contributed by atoms with Crippen molar-refractivity contribution in [2.75, 3.05) is 13.7 Å². The predicted octanol–water partition coefficient (Wildman–Crippen LogP) is 1.98. The molecule has 0 saturated heterocycles. The Kier molecular flexibility index (Phi) is 2.58. The van der Waals surface area contributed by atoms with Crippen LogP contribution in [0.4, 0.5) is 0 Å². The molecule has 2 aromatic rings. The first-order chi connectivity index (χ1) is 7.29. The van der Waals surface area contributed by atoms with Crippen LogP contribution >= 0.6 is 0 Å². The lowest BCUT2D eigenvalue weighted by molar-refractivity contribution is -0.142. The van der Waals surface area contributed by atoms with Gasteiger partial charge in [-0.2, -0.15) is 0 Å². The third kappa shape index (κ3) is 2.10. The molecule has 0 fully saturated rings. The molecule has 4 nitrogen and oxygen atoms in total. The van der Waals surface area contributed by atoms with E-state index < -0.39 is 5.97 Å². The summed E-state index contributed by atoms with van der Waals surface area (Å²) < 4.78 is 14.9. The van der Waals surface area contributed by atoms with Crippen molar-refractivity contribution in [2.45, 2.75) is 0 Å². The summed E-state index contributed by atoms with van der Waals surface area (Å²) in [7, 11) is 1.32. The van der Waals surface area contributed by atoms with Crippen LogP contribution in [0.15, 0.2) is 34.9 Å². The quantitative estimate of drug-likeness (QED) is 0.720. The van der Waals surface area contributed by atoms with Crippen LogP contribution in [0.3, 0.4) is 0 Å². The zero-order valence-corrected chi connectivity index (χ0v) is 8.23. The van der Waals surface area contributed by atoms with Gasteiger partial charge in [-0.15, -0.1) is 0 Å². The van der Waals surface area contributed by atoms with E-state index in [9.17, 15) is 4.79 Å². The summed E-state index contributed by atoms with van der Waals surface area (Å²) in [6.45, 7) is -0.0835. The Hall–Kier alpha value is -1.97. The molecule has 0 N–H and O–H groups in total. The molecule has 0 spiro atoms. The van der Waals surface area contributed by atoms with E-state index >= 15 is 0 Å². The molecule has 0 aliphatic rings. The summed E-state index contributed by atoms with van der Waals surface area (Å²) >= 11 is 0. The molecule has 0 saturated carbocycles. The normalized spacial score (nSPS) is 10.2. The Balaban J connectivity index is 2.11. The first-order valence-electron chi connectivity index (χ1n) is 4.46. The first-order valence-corrected chi connectivity index (χ1v) is 4.46. The van der Waals surface area contributed by atoms with E-state index in [1.165, 1.54) is 7.11 Å². The summed E-state index contributed by atoms with van der Waals surface area (Å²) in [6.07, 6.45) is 1.61. The minimum Gasteiger partial charge on any atom is -0.482 e. The molecule has 0 atom stereocenters. The highest BCUT2D eigenvalue weighted by atomic mass is 16.6. The minimum atomic E-state index is -0.401. The monoisotopic (exact) mass is 206 g/mol. The second kappa shape index (κ2) is 4.04. The fourth-order valence-electron chi connectivity index (χ4n) is 1.24. The molecule has 0 unspecified atom stereocenters. The lowest BCUT2D eigenvalue weighted by Crippen LogP contribution is -2.12. The largest absolute Gasteiger partial charge is 0.482 e. The molecule has 15 heavy (non-hydrogen) atoms. The number of methoxy groups -OCH3 is 1. The number of furan rings is 1. The maximum absolute atomic E-state index is 10.8. The molecule has 0 aliphatic carbocycles. The van der Waals surface area contributed by atoms with Crippen molar-refractivity contribution >= 4 is 16.9 Å². The number of hydrogen-bond donors (Lipinski definition) is 0. The first kappa shape index (κ1) is 9.58. The van der Waals surface area contributed by atoms with Crippen LogP contribution in [0, 0.1) is 0 Å². The zero-order chi connectivity index (χ0) is 10.7. The Morgan fingerprint density at radius 2 is 2.27 bits per heavy atom. The molecular formula is C11H10O4. The van der Waals surface area contributed by atoms with Crippen molar-refractivity contribution in [2.24, 2.45) is 0 Å². The Labute approximate surface area is 86.4 Å². The van der Waals surface area contributed by atoms with Gasteiger partial charge in [-0.25, -0.2) is 4.79 Å². The maximum Gasteiger partial charge on any atom is 0.343 e. The third-order valence-corrected chi connectivity index (χ3v) is 2.01. The van der Waals surface area contributed by atoms with E-state index in [1.807, 2.05) is 12.1 Å². The maximum atomic E-state index is 10.8. The van der Waals surface area contributed by atoms with Gasteiger partial charge in [0.2, 0.25) is 0 Å². The number of ether oxygens (including phenoxy) is 2. The summed E-state index contributed by atoms with van der Waals surface area (Å²) in [5, 5.41) is 0.942. The van der Waals surface area contributed by atoms with Gasteiger partial charge in [0.05, 0.1) is 13.4 Å². The van der Waals surface area contributed by atoms with E-state index in [2.05, 4.69) is 4.74 Å². The van der Waals surface area contributed by atoms with Crippen LogP contribution < -0.4 is 4.74 Å². The molecular weight excluding hydrogens is 196 g/mol. The van der Waals surface area contributed by atoms with E-state index in [-0.39, 0.29) is 6.61 Å². The van der Waals surface area contributed by atoms with E-state index in [0.29, 0.717) is 5.75 Å². The van der Waals surface area contributed by atoms with Gasteiger partial charge in [-0.1, -0.05) is 0 Å². The van der Waals surface area contributed by atoms with Gasteiger partial charge >= 0.3 is 5.97 Å². The van der Waals surface area contributed by atoms with Crippen molar-refractivity contribution in [3.05, 3.63) is 30.5 Å². The number of carbonyl (C=O) groups excluding carboxylic acids is 1. The summed E-state index contributed by atoms with van der Waals surface area (Å²) in [5.74, 6) is 0.219. The molecule has 0 aliphatic heterocycles. The van der Waals surface area contributed by atoms with Crippen molar-refractivity contribution in [3.63, 3.8) is 0 Å². The smallest absolute Gasteiger partial charge is 0.343 e. The van der Waals surface area contributed by atoms with Gasteiger partial charge < -0.3 is 13.9 Å². The van der Waals surface area contributed by atoms with Gasteiger partial charge in [0, 0.05) is 5.39 Å². The molecule has 1 aromatic carbocycles. The van der Waals surface area contributed by atoms with Crippen molar-refractivity contribution < 1.29 is 18.7 Å².